The summed E-state index contributed by atoms with van der Waals surface area (Å²) in [6.07, 6.45) is 2.75. The molecule has 0 bridgehead atoms. The second-order valence-electron chi connectivity index (χ2n) is 3.82. The van der Waals surface area contributed by atoms with Crippen LogP contribution in [0.3, 0.4) is 0 Å². The Bertz CT molecular complexity index is 331. The van der Waals surface area contributed by atoms with E-state index in [0.29, 0.717) is 0 Å². The zero-order valence-corrected chi connectivity index (χ0v) is 9.62. The monoisotopic (exact) mass is 206 g/mol. The molecule has 82 valence electrons. The van der Waals surface area contributed by atoms with E-state index in [-0.39, 0.29) is 5.92 Å². The van der Waals surface area contributed by atoms with Crippen molar-refractivity contribution in [2.45, 2.75) is 26.7 Å². The van der Waals surface area contributed by atoms with E-state index < -0.39 is 0 Å². The summed E-state index contributed by atoms with van der Waals surface area (Å²) in [5.41, 5.74) is 2.40. The highest BCUT2D eigenvalue weighted by Gasteiger charge is 2.05. The fraction of sp³-hybridized carbons (Fsp3) is 0.462. The predicted molar refractivity (Wildman–Crippen MR) is 61.3 cm³/mol. The van der Waals surface area contributed by atoms with Gasteiger partial charge in [-0.25, -0.2) is 0 Å². The van der Waals surface area contributed by atoms with Crippen molar-refractivity contribution in [2.24, 2.45) is 5.92 Å². The first kappa shape index (κ1) is 11.8. The fourth-order valence-corrected chi connectivity index (χ4v) is 1.66. The number of hydrogen-bond acceptors (Lipinski definition) is 2. The molecule has 0 aliphatic carbocycles. The summed E-state index contributed by atoms with van der Waals surface area (Å²) in [4.78, 5) is 10.6. The minimum Gasteiger partial charge on any atom is -0.496 e. The summed E-state index contributed by atoms with van der Waals surface area (Å²) in [6.45, 7) is 4.04. The standard InChI is InChI=1S/C13H18O2/c1-4-12-8-11(7-10(2)9-14)5-6-13(12)15-3/h5-6,8-10H,4,7H2,1-3H3. The van der Waals surface area contributed by atoms with E-state index >= 15 is 0 Å². The highest BCUT2D eigenvalue weighted by Crippen LogP contribution is 2.21. The van der Waals surface area contributed by atoms with Crippen LogP contribution in [0.2, 0.25) is 0 Å². The highest BCUT2D eigenvalue weighted by molar-refractivity contribution is 5.53. The second-order valence-corrected chi connectivity index (χ2v) is 3.82. The van der Waals surface area contributed by atoms with E-state index in [1.807, 2.05) is 19.1 Å². The minimum atomic E-state index is 0.0862. The molecule has 0 N–H and O–H groups in total. The maximum atomic E-state index is 10.6. The van der Waals surface area contributed by atoms with Crippen LogP contribution in [0.15, 0.2) is 18.2 Å². The Morgan fingerprint density at radius 3 is 2.73 bits per heavy atom. The van der Waals surface area contributed by atoms with Crippen LogP contribution in [0.5, 0.6) is 5.75 Å². The molecule has 0 aromatic heterocycles. The maximum absolute atomic E-state index is 10.6. The largest absolute Gasteiger partial charge is 0.496 e. The zero-order chi connectivity index (χ0) is 11.3. The number of benzene rings is 1. The molecular weight excluding hydrogens is 188 g/mol. The minimum absolute atomic E-state index is 0.0862. The number of carbonyl (C=O) groups excluding carboxylic acids is 1. The molecule has 0 aliphatic heterocycles. The molecule has 2 nitrogen and oxygen atoms in total. The third kappa shape index (κ3) is 3.08. The van der Waals surface area contributed by atoms with Gasteiger partial charge in [0.2, 0.25) is 0 Å². The SMILES string of the molecule is CCc1cc(CC(C)C=O)ccc1OC. The van der Waals surface area contributed by atoms with Gasteiger partial charge >= 0.3 is 0 Å². The van der Waals surface area contributed by atoms with Crippen molar-refractivity contribution in [1.29, 1.82) is 0 Å². The fourth-order valence-electron chi connectivity index (χ4n) is 1.66. The molecule has 0 fully saturated rings. The Balaban J connectivity index is 2.87. The first-order chi connectivity index (χ1) is 7.21. The Hall–Kier alpha value is -1.31. The third-order valence-electron chi connectivity index (χ3n) is 2.52. The number of methoxy groups -OCH3 is 1. The van der Waals surface area contributed by atoms with Gasteiger partial charge in [0.1, 0.15) is 12.0 Å². The van der Waals surface area contributed by atoms with Gasteiger partial charge in [0.05, 0.1) is 7.11 Å². The number of hydrogen-bond donors (Lipinski definition) is 0. The second kappa shape index (κ2) is 5.54. The van der Waals surface area contributed by atoms with Gasteiger partial charge in [-0.2, -0.15) is 0 Å². The molecule has 0 saturated heterocycles. The summed E-state index contributed by atoms with van der Waals surface area (Å²) >= 11 is 0. The smallest absolute Gasteiger partial charge is 0.123 e. The van der Waals surface area contributed by atoms with E-state index in [4.69, 9.17) is 4.74 Å². The van der Waals surface area contributed by atoms with Gasteiger partial charge in [0, 0.05) is 5.92 Å². The van der Waals surface area contributed by atoms with Crippen LogP contribution in [0.4, 0.5) is 0 Å². The molecule has 2 heteroatoms. The van der Waals surface area contributed by atoms with Crippen molar-refractivity contribution in [1.82, 2.24) is 0 Å². The van der Waals surface area contributed by atoms with Crippen molar-refractivity contribution in [2.75, 3.05) is 7.11 Å². The molecule has 0 radical (unpaired) electrons. The van der Waals surface area contributed by atoms with Crippen molar-refractivity contribution in [3.63, 3.8) is 0 Å². The van der Waals surface area contributed by atoms with Crippen LogP contribution < -0.4 is 4.74 Å². The Morgan fingerprint density at radius 1 is 1.47 bits per heavy atom. The van der Waals surface area contributed by atoms with E-state index in [0.717, 1.165) is 24.9 Å². The molecular formula is C13H18O2. The average molecular weight is 206 g/mol. The van der Waals surface area contributed by atoms with Crippen LogP contribution in [-0.2, 0) is 17.6 Å². The lowest BCUT2D eigenvalue weighted by molar-refractivity contribution is -0.110. The predicted octanol–water partition coefficient (Wildman–Crippen LogP) is 2.64. The van der Waals surface area contributed by atoms with Crippen molar-refractivity contribution in [3.05, 3.63) is 29.3 Å². The zero-order valence-electron chi connectivity index (χ0n) is 9.62. The number of carbonyl (C=O) groups is 1. The van der Waals surface area contributed by atoms with Crippen LogP contribution >= 0.6 is 0 Å². The van der Waals surface area contributed by atoms with Crippen molar-refractivity contribution < 1.29 is 9.53 Å². The molecule has 0 spiro atoms. The first-order valence-corrected chi connectivity index (χ1v) is 5.32. The summed E-state index contributed by atoms with van der Waals surface area (Å²) in [6, 6.07) is 6.13. The molecule has 0 amide bonds. The number of rotatable bonds is 5. The quantitative estimate of drug-likeness (QED) is 0.692. The molecule has 0 saturated carbocycles. The topological polar surface area (TPSA) is 26.3 Å². The third-order valence-corrected chi connectivity index (χ3v) is 2.52. The summed E-state index contributed by atoms with van der Waals surface area (Å²) in [7, 11) is 1.68. The lowest BCUT2D eigenvalue weighted by Gasteiger charge is -2.10. The van der Waals surface area contributed by atoms with Gasteiger partial charge < -0.3 is 9.53 Å². The van der Waals surface area contributed by atoms with E-state index in [1.54, 1.807) is 7.11 Å². The van der Waals surface area contributed by atoms with Gasteiger partial charge in [-0.3, -0.25) is 0 Å². The Morgan fingerprint density at radius 2 is 2.20 bits per heavy atom. The number of aryl methyl sites for hydroxylation is 1. The van der Waals surface area contributed by atoms with E-state index in [1.165, 1.54) is 11.1 Å². The molecule has 1 rings (SSSR count). The molecule has 1 aromatic rings. The van der Waals surface area contributed by atoms with Gasteiger partial charge in [-0.1, -0.05) is 26.0 Å². The van der Waals surface area contributed by atoms with Gasteiger partial charge in [0.25, 0.3) is 0 Å². The molecule has 0 heterocycles. The summed E-state index contributed by atoms with van der Waals surface area (Å²) in [5.74, 6) is 1.02. The van der Waals surface area contributed by atoms with Crippen LogP contribution in [-0.4, -0.2) is 13.4 Å². The maximum Gasteiger partial charge on any atom is 0.123 e. The molecule has 1 atom stereocenters. The summed E-state index contributed by atoms with van der Waals surface area (Å²) < 4.78 is 5.25. The summed E-state index contributed by atoms with van der Waals surface area (Å²) in [5, 5.41) is 0. The number of ether oxygens (including phenoxy) is 1. The van der Waals surface area contributed by atoms with Crippen LogP contribution in [0, 0.1) is 5.92 Å². The highest BCUT2D eigenvalue weighted by atomic mass is 16.5. The normalized spacial score (nSPS) is 12.2. The van der Waals surface area contributed by atoms with Crippen molar-refractivity contribution >= 4 is 6.29 Å². The van der Waals surface area contributed by atoms with E-state index in [2.05, 4.69) is 13.0 Å². The van der Waals surface area contributed by atoms with Gasteiger partial charge in [0.15, 0.2) is 0 Å². The Kier molecular flexibility index (Phi) is 4.35. The van der Waals surface area contributed by atoms with E-state index in [9.17, 15) is 4.79 Å². The molecule has 1 aromatic carbocycles. The van der Waals surface area contributed by atoms with Crippen molar-refractivity contribution in [3.8, 4) is 5.75 Å². The Labute approximate surface area is 91.3 Å². The van der Waals surface area contributed by atoms with Gasteiger partial charge in [-0.05, 0) is 30.0 Å². The molecule has 1 unspecified atom stereocenters. The first-order valence-electron chi connectivity index (χ1n) is 5.32. The number of aldehydes is 1. The molecule has 15 heavy (non-hydrogen) atoms. The lowest BCUT2D eigenvalue weighted by Crippen LogP contribution is -2.01. The van der Waals surface area contributed by atoms with Crippen LogP contribution in [0.25, 0.3) is 0 Å². The van der Waals surface area contributed by atoms with Gasteiger partial charge in [-0.15, -0.1) is 0 Å². The van der Waals surface area contributed by atoms with Crippen LogP contribution in [0.1, 0.15) is 25.0 Å². The molecule has 0 aliphatic rings. The average Bonchev–Trinajstić information content (AvgIpc) is 2.28. The lowest BCUT2D eigenvalue weighted by atomic mass is 9.99.